The van der Waals surface area contributed by atoms with Gasteiger partial charge in [0.25, 0.3) is 5.95 Å². The van der Waals surface area contributed by atoms with Gasteiger partial charge in [-0.15, -0.1) is 10.2 Å². The SMILES string of the molecule is CN1c2ccccc2Nc2nnc(N=Cc3ccc(O)cc3O)nc21. The van der Waals surface area contributed by atoms with Gasteiger partial charge in [-0.25, -0.2) is 4.99 Å². The van der Waals surface area contributed by atoms with Crippen molar-refractivity contribution < 1.29 is 10.2 Å². The molecule has 0 atom stereocenters. The molecule has 124 valence electrons. The molecular weight excluding hydrogens is 320 g/mol. The lowest BCUT2D eigenvalue weighted by molar-refractivity contribution is 0.450. The highest BCUT2D eigenvalue weighted by Gasteiger charge is 2.22. The number of anilines is 4. The third kappa shape index (κ3) is 2.69. The fraction of sp³-hybridized carbons (Fsp3) is 0.0588. The number of hydrogen-bond donors (Lipinski definition) is 3. The Bertz CT molecular complexity index is 989. The first kappa shape index (κ1) is 14.9. The van der Waals surface area contributed by atoms with Gasteiger partial charge in [-0.1, -0.05) is 12.1 Å². The molecule has 0 bridgehead atoms. The predicted octanol–water partition coefficient (Wildman–Crippen LogP) is 2.86. The molecule has 1 aliphatic heterocycles. The molecule has 25 heavy (non-hydrogen) atoms. The molecule has 0 fully saturated rings. The number of hydrogen-bond acceptors (Lipinski definition) is 8. The molecule has 0 saturated carbocycles. The molecular formula is C17H14N6O2. The van der Waals surface area contributed by atoms with Crippen LogP contribution >= 0.6 is 0 Å². The van der Waals surface area contributed by atoms with E-state index in [9.17, 15) is 10.2 Å². The Morgan fingerprint density at radius 3 is 2.80 bits per heavy atom. The molecule has 0 unspecified atom stereocenters. The summed E-state index contributed by atoms with van der Waals surface area (Å²) in [7, 11) is 1.90. The zero-order chi connectivity index (χ0) is 17.4. The van der Waals surface area contributed by atoms with Gasteiger partial charge >= 0.3 is 0 Å². The molecule has 2 aromatic carbocycles. The van der Waals surface area contributed by atoms with Gasteiger partial charge < -0.3 is 20.4 Å². The Hall–Kier alpha value is -3.68. The molecule has 3 N–H and O–H groups in total. The molecule has 8 heteroatoms. The number of aliphatic imine (C=N–C) groups is 1. The zero-order valence-corrected chi connectivity index (χ0v) is 13.2. The minimum absolute atomic E-state index is 0.0206. The van der Waals surface area contributed by atoms with E-state index >= 15 is 0 Å². The second-order valence-electron chi connectivity index (χ2n) is 5.49. The first-order valence-corrected chi connectivity index (χ1v) is 7.52. The second-order valence-corrected chi connectivity index (χ2v) is 5.49. The smallest absolute Gasteiger partial charge is 0.271 e. The number of nitrogens with zero attached hydrogens (tertiary/aromatic N) is 5. The number of nitrogens with one attached hydrogen (secondary N) is 1. The number of benzene rings is 2. The maximum absolute atomic E-state index is 9.79. The van der Waals surface area contributed by atoms with Crippen LogP contribution in [-0.2, 0) is 0 Å². The summed E-state index contributed by atoms with van der Waals surface area (Å²) in [5.41, 5.74) is 2.34. The van der Waals surface area contributed by atoms with Crippen molar-refractivity contribution in [1.29, 1.82) is 0 Å². The van der Waals surface area contributed by atoms with E-state index < -0.39 is 0 Å². The van der Waals surface area contributed by atoms with Gasteiger partial charge in [0.2, 0.25) is 0 Å². The summed E-state index contributed by atoms with van der Waals surface area (Å²) in [6.07, 6.45) is 1.42. The highest BCUT2D eigenvalue weighted by atomic mass is 16.3. The number of phenols is 2. The molecule has 1 aromatic heterocycles. The molecule has 0 spiro atoms. The molecule has 2 heterocycles. The van der Waals surface area contributed by atoms with E-state index in [1.165, 1.54) is 18.3 Å². The van der Waals surface area contributed by atoms with Crippen molar-refractivity contribution in [1.82, 2.24) is 15.2 Å². The minimum atomic E-state index is -0.0811. The summed E-state index contributed by atoms with van der Waals surface area (Å²) in [6.45, 7) is 0. The predicted molar refractivity (Wildman–Crippen MR) is 94.6 cm³/mol. The van der Waals surface area contributed by atoms with E-state index in [-0.39, 0.29) is 17.4 Å². The highest BCUT2D eigenvalue weighted by Crippen LogP contribution is 2.40. The largest absolute Gasteiger partial charge is 0.508 e. The number of aromatic nitrogens is 3. The Morgan fingerprint density at radius 2 is 1.96 bits per heavy atom. The van der Waals surface area contributed by atoms with Gasteiger partial charge in [0.05, 0.1) is 11.4 Å². The second kappa shape index (κ2) is 5.75. The molecule has 0 radical (unpaired) electrons. The lowest BCUT2D eigenvalue weighted by atomic mass is 10.2. The van der Waals surface area contributed by atoms with Crippen molar-refractivity contribution >= 4 is 35.2 Å². The number of aromatic hydroxyl groups is 2. The number of rotatable bonds is 2. The minimum Gasteiger partial charge on any atom is -0.508 e. The maximum Gasteiger partial charge on any atom is 0.271 e. The first-order valence-electron chi connectivity index (χ1n) is 7.52. The third-order valence-corrected chi connectivity index (χ3v) is 3.83. The molecule has 4 rings (SSSR count). The summed E-state index contributed by atoms with van der Waals surface area (Å²) < 4.78 is 0. The van der Waals surface area contributed by atoms with Gasteiger partial charge in [0, 0.05) is 24.9 Å². The van der Waals surface area contributed by atoms with E-state index in [0.717, 1.165) is 11.4 Å². The van der Waals surface area contributed by atoms with Crippen LogP contribution in [0.25, 0.3) is 0 Å². The first-order chi connectivity index (χ1) is 12.1. The van der Waals surface area contributed by atoms with E-state index in [1.54, 1.807) is 6.07 Å². The van der Waals surface area contributed by atoms with Gasteiger partial charge in [0.1, 0.15) is 11.5 Å². The average molecular weight is 334 g/mol. The molecule has 0 aliphatic carbocycles. The fourth-order valence-electron chi connectivity index (χ4n) is 2.56. The summed E-state index contributed by atoms with van der Waals surface area (Å²) in [4.78, 5) is 10.5. The number of fused-ring (bicyclic) bond motifs is 2. The lowest BCUT2D eigenvalue weighted by Gasteiger charge is -2.28. The standard InChI is InChI=1S/C17H14N6O2/c1-23-13-5-3-2-4-12(13)19-15-16(23)20-17(22-21-15)18-9-10-6-7-11(24)8-14(10)25/h2-9,24-25H,1H3,(H,19,21). The van der Waals surface area contributed by atoms with Gasteiger partial charge in [-0.05, 0) is 24.3 Å². The van der Waals surface area contributed by atoms with Crippen LogP contribution < -0.4 is 10.2 Å². The molecule has 1 aliphatic rings. The van der Waals surface area contributed by atoms with Crippen LogP contribution in [0.15, 0.2) is 47.5 Å². The Morgan fingerprint density at radius 1 is 1.12 bits per heavy atom. The van der Waals surface area contributed by atoms with Crippen LogP contribution in [0.3, 0.4) is 0 Å². The maximum atomic E-state index is 9.79. The van der Waals surface area contributed by atoms with Crippen molar-refractivity contribution in [2.75, 3.05) is 17.3 Å². The van der Waals surface area contributed by atoms with Gasteiger partial charge in [-0.2, -0.15) is 4.98 Å². The molecule has 8 nitrogen and oxygen atoms in total. The zero-order valence-electron chi connectivity index (χ0n) is 13.2. The summed E-state index contributed by atoms with van der Waals surface area (Å²) >= 11 is 0. The Labute approximate surface area is 143 Å². The van der Waals surface area contributed by atoms with Crippen LogP contribution in [-0.4, -0.2) is 38.7 Å². The van der Waals surface area contributed by atoms with Crippen molar-refractivity contribution in [2.24, 2.45) is 4.99 Å². The van der Waals surface area contributed by atoms with E-state index in [0.29, 0.717) is 17.2 Å². The van der Waals surface area contributed by atoms with E-state index in [2.05, 4.69) is 25.5 Å². The Kier molecular flexibility index (Phi) is 3.42. The molecule has 0 saturated heterocycles. The highest BCUT2D eigenvalue weighted by molar-refractivity contribution is 5.88. The topological polar surface area (TPSA) is 107 Å². The van der Waals surface area contributed by atoms with Crippen molar-refractivity contribution in [3.05, 3.63) is 48.0 Å². The van der Waals surface area contributed by atoms with Crippen LogP contribution in [0.1, 0.15) is 5.56 Å². The van der Waals surface area contributed by atoms with Crippen LogP contribution in [0.4, 0.5) is 29.0 Å². The lowest BCUT2D eigenvalue weighted by Crippen LogP contribution is -2.20. The van der Waals surface area contributed by atoms with Crippen LogP contribution in [0, 0.1) is 0 Å². The van der Waals surface area contributed by atoms with Crippen LogP contribution in [0.5, 0.6) is 11.5 Å². The molecule has 3 aromatic rings. The van der Waals surface area contributed by atoms with Gasteiger partial charge in [0.15, 0.2) is 11.6 Å². The van der Waals surface area contributed by atoms with Crippen LogP contribution in [0.2, 0.25) is 0 Å². The quantitative estimate of drug-likeness (QED) is 0.619. The third-order valence-electron chi connectivity index (χ3n) is 3.83. The summed E-state index contributed by atoms with van der Waals surface area (Å²) in [5, 5.41) is 30.4. The summed E-state index contributed by atoms with van der Waals surface area (Å²) in [5.74, 6) is 1.22. The fourth-order valence-corrected chi connectivity index (χ4v) is 2.56. The monoisotopic (exact) mass is 334 g/mol. The van der Waals surface area contributed by atoms with E-state index in [4.69, 9.17) is 0 Å². The van der Waals surface area contributed by atoms with Crippen molar-refractivity contribution in [3.63, 3.8) is 0 Å². The normalized spacial score (nSPS) is 12.6. The molecule has 0 amide bonds. The number of para-hydroxylation sites is 2. The van der Waals surface area contributed by atoms with Gasteiger partial charge in [-0.3, -0.25) is 0 Å². The average Bonchev–Trinajstić information content (AvgIpc) is 2.61. The van der Waals surface area contributed by atoms with E-state index in [1.807, 2.05) is 36.2 Å². The summed E-state index contributed by atoms with van der Waals surface area (Å²) in [6, 6.07) is 12.1. The number of phenolic OH excluding ortho intramolecular Hbond substituents is 2. The van der Waals surface area contributed by atoms with Crippen molar-refractivity contribution in [2.45, 2.75) is 0 Å². The van der Waals surface area contributed by atoms with Crippen molar-refractivity contribution in [3.8, 4) is 11.5 Å². The Balaban J connectivity index is 1.66.